The molecule has 0 aliphatic carbocycles. The van der Waals surface area contributed by atoms with Crippen LogP contribution in [-0.4, -0.2) is 11.6 Å². The molecule has 1 heterocycles. The zero-order chi connectivity index (χ0) is 12.8. The first-order chi connectivity index (χ1) is 8.79. The summed E-state index contributed by atoms with van der Waals surface area (Å²) in [4.78, 5) is 4.25. The second-order valence-corrected chi connectivity index (χ2v) is 3.86. The first-order valence-corrected chi connectivity index (χ1v) is 5.95. The third-order valence-electron chi connectivity index (χ3n) is 2.51. The third kappa shape index (κ3) is 3.13. The number of benzene rings is 1. The molecule has 1 aromatic carbocycles. The molecule has 0 radical (unpaired) electrons. The summed E-state index contributed by atoms with van der Waals surface area (Å²) >= 11 is 0. The van der Waals surface area contributed by atoms with Crippen LogP contribution in [0.4, 0.5) is 11.4 Å². The van der Waals surface area contributed by atoms with Gasteiger partial charge in [-0.15, -0.1) is 0 Å². The van der Waals surface area contributed by atoms with E-state index < -0.39 is 0 Å². The smallest absolute Gasteiger partial charge is 0.144 e. The van der Waals surface area contributed by atoms with Crippen LogP contribution in [0.15, 0.2) is 42.6 Å². The number of rotatable bonds is 5. The molecule has 0 bridgehead atoms. The summed E-state index contributed by atoms with van der Waals surface area (Å²) in [6.45, 7) is 3.22. The van der Waals surface area contributed by atoms with Gasteiger partial charge in [-0.1, -0.05) is 6.07 Å². The number of ether oxygens (including phenoxy) is 1. The van der Waals surface area contributed by atoms with Crippen molar-refractivity contribution in [2.24, 2.45) is 0 Å². The Morgan fingerprint density at radius 2 is 2.17 bits per heavy atom. The van der Waals surface area contributed by atoms with Crippen molar-refractivity contribution in [3.8, 4) is 5.75 Å². The summed E-state index contributed by atoms with van der Waals surface area (Å²) in [6.07, 6.45) is 1.78. The van der Waals surface area contributed by atoms with Crippen LogP contribution in [-0.2, 0) is 6.54 Å². The molecule has 1 aromatic heterocycles. The minimum absolute atomic E-state index is 0.605. The highest BCUT2D eigenvalue weighted by atomic mass is 16.5. The number of nitrogens with zero attached hydrogens (tertiary/aromatic N) is 1. The quantitative estimate of drug-likeness (QED) is 0.793. The Kier molecular flexibility index (Phi) is 4.02. The molecular weight excluding hydrogens is 226 g/mol. The Balaban J connectivity index is 2.03. The molecule has 0 fully saturated rings. The summed E-state index contributed by atoms with van der Waals surface area (Å²) in [7, 11) is 0. The fraction of sp³-hybridized carbons (Fsp3) is 0.214. The summed E-state index contributed by atoms with van der Waals surface area (Å²) in [5.74, 6) is 0.712. The zero-order valence-electron chi connectivity index (χ0n) is 10.4. The second-order valence-electron chi connectivity index (χ2n) is 3.86. The maximum Gasteiger partial charge on any atom is 0.144 e. The van der Waals surface area contributed by atoms with Crippen LogP contribution >= 0.6 is 0 Å². The Morgan fingerprint density at radius 1 is 1.28 bits per heavy atom. The van der Waals surface area contributed by atoms with Crippen LogP contribution in [0.1, 0.15) is 12.6 Å². The summed E-state index contributed by atoms with van der Waals surface area (Å²) in [5.41, 5.74) is 8.43. The van der Waals surface area contributed by atoms with Gasteiger partial charge in [0.25, 0.3) is 0 Å². The topological polar surface area (TPSA) is 60.2 Å². The molecular formula is C14H17N3O. The van der Waals surface area contributed by atoms with Crippen molar-refractivity contribution in [1.29, 1.82) is 0 Å². The molecule has 0 aliphatic heterocycles. The van der Waals surface area contributed by atoms with E-state index in [0.717, 1.165) is 11.4 Å². The largest absolute Gasteiger partial charge is 0.492 e. The van der Waals surface area contributed by atoms with E-state index in [4.69, 9.17) is 10.5 Å². The molecule has 0 saturated carbocycles. The Morgan fingerprint density at radius 3 is 2.89 bits per heavy atom. The summed E-state index contributed by atoms with van der Waals surface area (Å²) in [6, 6.07) is 11.5. The van der Waals surface area contributed by atoms with Gasteiger partial charge < -0.3 is 15.8 Å². The molecule has 2 rings (SSSR count). The summed E-state index contributed by atoms with van der Waals surface area (Å²) < 4.78 is 5.45. The summed E-state index contributed by atoms with van der Waals surface area (Å²) in [5, 5.41) is 3.29. The first kappa shape index (κ1) is 12.2. The maximum absolute atomic E-state index is 5.82. The van der Waals surface area contributed by atoms with Gasteiger partial charge >= 0.3 is 0 Å². The van der Waals surface area contributed by atoms with E-state index in [1.54, 1.807) is 6.20 Å². The fourth-order valence-corrected chi connectivity index (χ4v) is 1.62. The molecule has 0 amide bonds. The van der Waals surface area contributed by atoms with Gasteiger partial charge in [0, 0.05) is 18.0 Å². The van der Waals surface area contributed by atoms with Crippen molar-refractivity contribution in [2.75, 3.05) is 17.7 Å². The lowest BCUT2D eigenvalue weighted by atomic mass is 10.2. The molecule has 0 saturated heterocycles. The lowest BCUT2D eigenvalue weighted by Gasteiger charge is -2.10. The van der Waals surface area contributed by atoms with Crippen LogP contribution in [0, 0.1) is 0 Å². The van der Waals surface area contributed by atoms with Crippen molar-refractivity contribution < 1.29 is 4.74 Å². The van der Waals surface area contributed by atoms with E-state index in [1.165, 1.54) is 0 Å². The molecule has 0 spiro atoms. The van der Waals surface area contributed by atoms with Crippen LogP contribution in [0.3, 0.4) is 0 Å². The Labute approximate surface area is 107 Å². The monoisotopic (exact) mass is 243 g/mol. The van der Waals surface area contributed by atoms with Crippen molar-refractivity contribution in [2.45, 2.75) is 13.5 Å². The van der Waals surface area contributed by atoms with Gasteiger partial charge in [-0.3, -0.25) is 4.98 Å². The number of anilines is 2. The van der Waals surface area contributed by atoms with E-state index in [1.807, 2.05) is 43.3 Å². The van der Waals surface area contributed by atoms with Crippen molar-refractivity contribution >= 4 is 11.4 Å². The van der Waals surface area contributed by atoms with Gasteiger partial charge in [0.05, 0.1) is 24.5 Å². The van der Waals surface area contributed by atoms with Crippen molar-refractivity contribution in [1.82, 2.24) is 4.98 Å². The maximum atomic E-state index is 5.82. The fourth-order valence-electron chi connectivity index (χ4n) is 1.62. The predicted molar refractivity (Wildman–Crippen MR) is 73.6 cm³/mol. The molecule has 0 unspecified atom stereocenters. The normalized spacial score (nSPS) is 10.1. The van der Waals surface area contributed by atoms with Gasteiger partial charge in [-0.25, -0.2) is 0 Å². The van der Waals surface area contributed by atoms with E-state index in [9.17, 15) is 0 Å². The average molecular weight is 243 g/mol. The number of nitrogen functional groups attached to an aromatic ring is 1. The minimum atomic E-state index is 0.605. The number of nitrogens with one attached hydrogen (secondary N) is 1. The van der Waals surface area contributed by atoms with Crippen LogP contribution in [0.2, 0.25) is 0 Å². The second kappa shape index (κ2) is 5.91. The number of hydrogen-bond acceptors (Lipinski definition) is 4. The third-order valence-corrected chi connectivity index (χ3v) is 2.51. The standard InChI is InChI=1S/C14H17N3O/c1-2-18-14-9-11(6-7-13(14)15)17-10-12-5-3-4-8-16-12/h3-9,17H,2,10,15H2,1H3. The molecule has 94 valence electrons. The lowest BCUT2D eigenvalue weighted by molar-refractivity contribution is 0.342. The first-order valence-electron chi connectivity index (χ1n) is 5.95. The van der Waals surface area contributed by atoms with Gasteiger partial charge in [-0.05, 0) is 31.2 Å². The van der Waals surface area contributed by atoms with Crippen molar-refractivity contribution in [3.63, 3.8) is 0 Å². The molecule has 0 aliphatic rings. The molecule has 4 nitrogen and oxygen atoms in total. The predicted octanol–water partition coefficient (Wildman–Crippen LogP) is 2.67. The zero-order valence-corrected chi connectivity index (χ0v) is 10.4. The van der Waals surface area contributed by atoms with Crippen molar-refractivity contribution in [3.05, 3.63) is 48.3 Å². The highest BCUT2D eigenvalue weighted by Crippen LogP contribution is 2.25. The SMILES string of the molecule is CCOc1cc(NCc2ccccn2)ccc1N. The van der Waals surface area contributed by atoms with E-state index in [2.05, 4.69) is 10.3 Å². The van der Waals surface area contributed by atoms with E-state index in [-0.39, 0.29) is 0 Å². The molecule has 18 heavy (non-hydrogen) atoms. The lowest BCUT2D eigenvalue weighted by Crippen LogP contribution is -2.03. The molecule has 4 heteroatoms. The molecule has 2 aromatic rings. The average Bonchev–Trinajstić information content (AvgIpc) is 2.41. The number of pyridine rings is 1. The van der Waals surface area contributed by atoms with Crippen LogP contribution < -0.4 is 15.8 Å². The van der Waals surface area contributed by atoms with Gasteiger partial charge in [0.15, 0.2) is 0 Å². The van der Waals surface area contributed by atoms with Crippen LogP contribution in [0.25, 0.3) is 0 Å². The van der Waals surface area contributed by atoms with E-state index >= 15 is 0 Å². The van der Waals surface area contributed by atoms with Gasteiger partial charge in [0.1, 0.15) is 5.75 Å². The van der Waals surface area contributed by atoms with E-state index in [0.29, 0.717) is 24.6 Å². The number of hydrogen-bond donors (Lipinski definition) is 2. The Hall–Kier alpha value is -2.23. The number of nitrogens with two attached hydrogens (primary N) is 1. The minimum Gasteiger partial charge on any atom is -0.492 e. The highest BCUT2D eigenvalue weighted by Gasteiger charge is 2.01. The molecule has 0 atom stereocenters. The van der Waals surface area contributed by atoms with Crippen LogP contribution in [0.5, 0.6) is 5.75 Å². The highest BCUT2D eigenvalue weighted by molar-refractivity contribution is 5.61. The Bertz CT molecular complexity index is 500. The van der Waals surface area contributed by atoms with Gasteiger partial charge in [0.2, 0.25) is 0 Å². The molecule has 3 N–H and O–H groups in total. The van der Waals surface area contributed by atoms with Gasteiger partial charge in [-0.2, -0.15) is 0 Å². The number of aromatic nitrogens is 1.